The van der Waals surface area contributed by atoms with E-state index in [0.29, 0.717) is 26.0 Å². The lowest BCUT2D eigenvalue weighted by Gasteiger charge is -2.22. The normalized spacial score (nSPS) is 11.5. The molecule has 0 heterocycles. The quantitative estimate of drug-likeness (QED) is 0.184. The van der Waals surface area contributed by atoms with Crippen LogP contribution in [0.3, 0.4) is 0 Å². The standard InChI is InChI=1S/C24H42NO7P/c1-2-3-4-5-6-7-8-9-19-31-23-13-10-12-22(21-23)14-15-24(27)25(16-11-18-26)17-20-32-33(28,29)30/h10,12-13,21,26H,2-9,11,14-20H2,1H3,(H2,28,29,30). The molecule has 9 heteroatoms. The Hall–Kier alpha value is -1.44. The number of rotatable bonds is 20. The molecular weight excluding hydrogens is 445 g/mol. The Balaban J connectivity index is 2.36. The van der Waals surface area contributed by atoms with Crippen molar-refractivity contribution >= 4 is 13.7 Å². The van der Waals surface area contributed by atoms with Gasteiger partial charge in [-0.1, -0.05) is 64.0 Å². The predicted octanol–water partition coefficient (Wildman–Crippen LogP) is 4.46. The van der Waals surface area contributed by atoms with Crippen LogP contribution in [0.1, 0.15) is 76.7 Å². The van der Waals surface area contributed by atoms with Gasteiger partial charge in [-0.05, 0) is 37.0 Å². The number of phosphoric ester groups is 1. The monoisotopic (exact) mass is 487 g/mol. The number of carbonyl (C=O) groups is 1. The largest absolute Gasteiger partial charge is 0.494 e. The molecule has 0 radical (unpaired) electrons. The first-order chi connectivity index (χ1) is 15.9. The molecule has 33 heavy (non-hydrogen) atoms. The third kappa shape index (κ3) is 15.9. The van der Waals surface area contributed by atoms with E-state index in [-0.39, 0.29) is 32.1 Å². The van der Waals surface area contributed by atoms with Gasteiger partial charge in [-0.25, -0.2) is 4.57 Å². The van der Waals surface area contributed by atoms with Gasteiger partial charge in [-0.15, -0.1) is 0 Å². The lowest BCUT2D eigenvalue weighted by molar-refractivity contribution is -0.131. The van der Waals surface area contributed by atoms with Crippen molar-refractivity contribution in [2.75, 3.05) is 32.9 Å². The zero-order valence-electron chi connectivity index (χ0n) is 20.0. The first-order valence-corrected chi connectivity index (χ1v) is 13.7. The van der Waals surface area contributed by atoms with Gasteiger partial charge in [0.2, 0.25) is 5.91 Å². The predicted molar refractivity (Wildman–Crippen MR) is 129 cm³/mol. The molecule has 0 fully saturated rings. The molecule has 0 spiro atoms. The number of aliphatic hydroxyl groups is 1. The van der Waals surface area contributed by atoms with E-state index in [1.165, 1.54) is 49.8 Å². The van der Waals surface area contributed by atoms with Gasteiger partial charge >= 0.3 is 7.82 Å². The Morgan fingerprint density at radius 1 is 0.970 bits per heavy atom. The summed E-state index contributed by atoms with van der Waals surface area (Å²) >= 11 is 0. The minimum atomic E-state index is -4.57. The summed E-state index contributed by atoms with van der Waals surface area (Å²) in [6.07, 6.45) is 11.2. The van der Waals surface area contributed by atoms with Crippen LogP contribution in [0.15, 0.2) is 24.3 Å². The van der Waals surface area contributed by atoms with E-state index in [1.807, 2.05) is 24.3 Å². The molecule has 0 aliphatic carbocycles. The molecule has 1 aromatic carbocycles. The van der Waals surface area contributed by atoms with Crippen molar-refractivity contribution in [2.45, 2.75) is 77.6 Å². The molecule has 0 aliphatic heterocycles. The first kappa shape index (κ1) is 29.6. The summed E-state index contributed by atoms with van der Waals surface area (Å²) in [4.78, 5) is 31.6. The molecule has 0 bridgehead atoms. The van der Waals surface area contributed by atoms with Gasteiger partial charge in [0.15, 0.2) is 0 Å². The van der Waals surface area contributed by atoms with E-state index in [1.54, 1.807) is 0 Å². The summed E-state index contributed by atoms with van der Waals surface area (Å²) in [7, 11) is -4.57. The molecule has 0 saturated carbocycles. The number of carbonyl (C=O) groups excluding carboxylic acids is 1. The fourth-order valence-electron chi connectivity index (χ4n) is 3.52. The number of aryl methyl sites for hydroxylation is 1. The van der Waals surface area contributed by atoms with E-state index in [9.17, 15) is 9.36 Å². The minimum absolute atomic E-state index is 0.0612. The van der Waals surface area contributed by atoms with Gasteiger partial charge in [0, 0.05) is 26.1 Å². The van der Waals surface area contributed by atoms with Crippen LogP contribution in [0.4, 0.5) is 0 Å². The third-order valence-electron chi connectivity index (χ3n) is 5.35. The average Bonchev–Trinajstić information content (AvgIpc) is 2.78. The first-order valence-electron chi connectivity index (χ1n) is 12.2. The smallest absolute Gasteiger partial charge is 0.469 e. The molecule has 190 valence electrons. The zero-order chi connectivity index (χ0) is 24.4. The number of hydrogen-bond acceptors (Lipinski definition) is 5. The summed E-state index contributed by atoms with van der Waals surface area (Å²) in [5.41, 5.74) is 0.991. The maximum atomic E-state index is 12.6. The third-order valence-corrected chi connectivity index (χ3v) is 5.87. The molecule has 0 atom stereocenters. The van der Waals surface area contributed by atoms with E-state index in [2.05, 4.69) is 11.4 Å². The van der Waals surface area contributed by atoms with Crippen molar-refractivity contribution in [1.29, 1.82) is 0 Å². The lowest BCUT2D eigenvalue weighted by Crippen LogP contribution is -2.35. The van der Waals surface area contributed by atoms with E-state index < -0.39 is 7.82 Å². The summed E-state index contributed by atoms with van der Waals surface area (Å²) in [5, 5.41) is 9.04. The highest BCUT2D eigenvalue weighted by Crippen LogP contribution is 2.35. The summed E-state index contributed by atoms with van der Waals surface area (Å²) < 4.78 is 21.1. The van der Waals surface area contributed by atoms with Crippen molar-refractivity contribution in [2.24, 2.45) is 0 Å². The second kappa shape index (κ2) is 18.0. The second-order valence-electron chi connectivity index (χ2n) is 8.25. The van der Waals surface area contributed by atoms with Crippen LogP contribution < -0.4 is 4.74 Å². The minimum Gasteiger partial charge on any atom is -0.494 e. The van der Waals surface area contributed by atoms with Gasteiger partial charge in [-0.3, -0.25) is 9.32 Å². The van der Waals surface area contributed by atoms with Crippen LogP contribution in [-0.2, 0) is 20.3 Å². The van der Waals surface area contributed by atoms with Crippen LogP contribution in [0.5, 0.6) is 5.75 Å². The molecule has 1 amide bonds. The Bertz CT molecular complexity index is 695. The van der Waals surface area contributed by atoms with E-state index >= 15 is 0 Å². The molecule has 0 aliphatic rings. The molecule has 3 N–H and O–H groups in total. The number of unbranched alkanes of at least 4 members (excludes halogenated alkanes) is 7. The second-order valence-corrected chi connectivity index (χ2v) is 9.49. The number of nitrogens with zero attached hydrogens (tertiary/aromatic N) is 1. The van der Waals surface area contributed by atoms with Crippen molar-refractivity contribution in [3.8, 4) is 5.75 Å². The summed E-state index contributed by atoms with van der Waals surface area (Å²) in [6, 6.07) is 7.74. The van der Waals surface area contributed by atoms with Gasteiger partial charge in [0.25, 0.3) is 0 Å². The van der Waals surface area contributed by atoms with Crippen molar-refractivity contribution in [1.82, 2.24) is 4.90 Å². The molecule has 0 saturated heterocycles. The van der Waals surface area contributed by atoms with E-state index in [0.717, 1.165) is 17.7 Å². The SMILES string of the molecule is CCCCCCCCCCOc1cccc(CCC(=O)N(CCCO)CCOP(=O)(O)O)c1. The number of hydrogen-bond donors (Lipinski definition) is 3. The van der Waals surface area contributed by atoms with Gasteiger partial charge < -0.3 is 24.5 Å². The number of aliphatic hydroxyl groups excluding tert-OH is 1. The van der Waals surface area contributed by atoms with Crippen molar-refractivity contribution < 1.29 is 33.5 Å². The van der Waals surface area contributed by atoms with E-state index in [4.69, 9.17) is 19.6 Å². The van der Waals surface area contributed by atoms with Crippen LogP contribution in [-0.4, -0.2) is 58.6 Å². The highest BCUT2D eigenvalue weighted by Gasteiger charge is 2.17. The fraction of sp³-hybridized carbons (Fsp3) is 0.708. The number of benzene rings is 1. The molecule has 1 aromatic rings. The zero-order valence-corrected chi connectivity index (χ0v) is 20.9. The lowest BCUT2D eigenvalue weighted by atomic mass is 10.1. The number of phosphoric acid groups is 1. The highest BCUT2D eigenvalue weighted by molar-refractivity contribution is 7.46. The van der Waals surface area contributed by atoms with Crippen LogP contribution in [0.25, 0.3) is 0 Å². The Morgan fingerprint density at radius 2 is 1.67 bits per heavy atom. The molecule has 0 aromatic heterocycles. The number of amides is 1. The molecule has 1 rings (SSSR count). The Morgan fingerprint density at radius 3 is 2.33 bits per heavy atom. The molecule has 8 nitrogen and oxygen atoms in total. The van der Waals surface area contributed by atoms with Gasteiger partial charge in [-0.2, -0.15) is 0 Å². The van der Waals surface area contributed by atoms with Crippen molar-refractivity contribution in [3.05, 3.63) is 29.8 Å². The van der Waals surface area contributed by atoms with Crippen LogP contribution in [0.2, 0.25) is 0 Å². The Kier molecular flexibility index (Phi) is 16.1. The number of ether oxygens (including phenoxy) is 1. The van der Waals surface area contributed by atoms with Crippen LogP contribution >= 0.6 is 7.82 Å². The average molecular weight is 488 g/mol. The van der Waals surface area contributed by atoms with Crippen LogP contribution in [0, 0.1) is 0 Å². The maximum absolute atomic E-state index is 12.6. The topological polar surface area (TPSA) is 117 Å². The highest BCUT2D eigenvalue weighted by atomic mass is 31.2. The Labute approximate surface area is 198 Å². The van der Waals surface area contributed by atoms with Gasteiger partial charge in [0.05, 0.1) is 13.2 Å². The molecule has 0 unspecified atom stereocenters. The van der Waals surface area contributed by atoms with Gasteiger partial charge in [0.1, 0.15) is 5.75 Å². The summed E-state index contributed by atoms with van der Waals surface area (Å²) in [5.74, 6) is 0.651. The summed E-state index contributed by atoms with van der Waals surface area (Å²) in [6.45, 7) is 2.96. The van der Waals surface area contributed by atoms with Crippen molar-refractivity contribution in [3.63, 3.8) is 0 Å². The maximum Gasteiger partial charge on any atom is 0.469 e. The molecular formula is C24H42NO7P. The fourth-order valence-corrected chi connectivity index (χ4v) is 3.84.